The maximum absolute atomic E-state index is 12.8. The second-order valence-corrected chi connectivity index (χ2v) is 8.20. The topological polar surface area (TPSA) is 80.6 Å². The second kappa shape index (κ2) is 10.2. The van der Waals surface area contributed by atoms with Crippen LogP contribution in [-0.4, -0.2) is 46.9 Å². The number of ether oxygens (including phenoxy) is 1. The summed E-state index contributed by atoms with van der Waals surface area (Å²) in [5.41, 5.74) is 2.14. The fourth-order valence-corrected chi connectivity index (χ4v) is 4.01. The van der Waals surface area contributed by atoms with E-state index < -0.39 is 5.97 Å². The zero-order chi connectivity index (χ0) is 23.2. The molecule has 1 aromatic heterocycles. The predicted octanol–water partition coefficient (Wildman–Crippen LogP) is 3.68. The summed E-state index contributed by atoms with van der Waals surface area (Å²) in [6.07, 6.45) is 5.57. The van der Waals surface area contributed by atoms with Gasteiger partial charge in [-0.25, -0.2) is 0 Å². The number of carbonyl (C=O) groups excluding carboxylic acids is 3. The summed E-state index contributed by atoms with van der Waals surface area (Å²) < 4.78 is 7.06. The Hall–Kier alpha value is -3.87. The number of nitrogens with one attached hydrogen (secondary N) is 1. The molecule has 0 atom stereocenters. The highest BCUT2D eigenvalue weighted by Gasteiger charge is 2.24. The lowest BCUT2D eigenvalue weighted by molar-refractivity contribution is -0.131. The van der Waals surface area contributed by atoms with E-state index in [0.717, 1.165) is 18.5 Å². The van der Waals surface area contributed by atoms with Gasteiger partial charge in [-0.15, -0.1) is 0 Å². The minimum Gasteiger partial charge on any atom is -0.427 e. The molecule has 170 valence electrons. The van der Waals surface area contributed by atoms with Gasteiger partial charge in [-0.3, -0.25) is 14.4 Å². The molecule has 4 rings (SSSR count). The van der Waals surface area contributed by atoms with Crippen LogP contribution in [0.4, 0.5) is 0 Å². The molecule has 7 nitrogen and oxygen atoms in total. The van der Waals surface area contributed by atoms with E-state index >= 15 is 0 Å². The van der Waals surface area contributed by atoms with Crippen LogP contribution in [0.1, 0.15) is 40.5 Å². The van der Waals surface area contributed by atoms with Crippen molar-refractivity contribution in [2.24, 2.45) is 5.92 Å². The Bertz CT molecular complexity index is 1110. The molecule has 1 N–H and O–H groups in total. The molecule has 0 unspecified atom stereocenters. The van der Waals surface area contributed by atoms with E-state index in [4.69, 9.17) is 4.74 Å². The molecule has 2 aromatic carbocycles. The normalized spacial score (nSPS) is 14.0. The summed E-state index contributed by atoms with van der Waals surface area (Å²) in [7, 11) is 0. The Balaban J connectivity index is 1.25. The van der Waals surface area contributed by atoms with Gasteiger partial charge in [0.25, 0.3) is 11.8 Å². The summed E-state index contributed by atoms with van der Waals surface area (Å²) in [5, 5.41) is 3.03. The number of aromatic nitrogens is 1. The van der Waals surface area contributed by atoms with Crippen molar-refractivity contribution < 1.29 is 19.1 Å². The highest BCUT2D eigenvalue weighted by atomic mass is 16.5. The number of nitrogens with zero attached hydrogens (tertiary/aromatic N) is 2. The van der Waals surface area contributed by atoms with E-state index in [1.54, 1.807) is 24.3 Å². The van der Waals surface area contributed by atoms with Gasteiger partial charge in [-0.05, 0) is 73.4 Å². The molecule has 1 saturated heterocycles. The van der Waals surface area contributed by atoms with Crippen LogP contribution in [0, 0.1) is 5.92 Å². The Kier molecular flexibility index (Phi) is 6.88. The molecule has 0 bridgehead atoms. The van der Waals surface area contributed by atoms with Gasteiger partial charge in [0, 0.05) is 55.8 Å². The predicted molar refractivity (Wildman–Crippen MR) is 124 cm³/mol. The monoisotopic (exact) mass is 445 g/mol. The minimum absolute atomic E-state index is 0.0748. The van der Waals surface area contributed by atoms with Crippen LogP contribution in [-0.2, 0) is 4.79 Å². The standard InChI is InChI=1S/C26H27N3O4/c1-19(30)33-24-6-4-5-22(17-24)26(32)29-15-11-20(12-16-29)18-27-25(31)21-7-9-23(10-8-21)28-13-2-3-14-28/h2-10,13-14,17,20H,11-12,15-16,18H2,1H3,(H,27,31). The van der Waals surface area contributed by atoms with Crippen LogP contribution in [0.5, 0.6) is 5.75 Å². The van der Waals surface area contributed by atoms with Gasteiger partial charge < -0.3 is 19.5 Å². The number of amides is 2. The molecule has 1 fully saturated rings. The van der Waals surface area contributed by atoms with E-state index in [2.05, 4.69) is 5.32 Å². The SMILES string of the molecule is CC(=O)Oc1cccc(C(=O)N2CCC(CNC(=O)c3ccc(-n4cccc4)cc3)CC2)c1. The van der Waals surface area contributed by atoms with Gasteiger partial charge in [0.2, 0.25) is 0 Å². The van der Waals surface area contributed by atoms with Crippen molar-refractivity contribution in [3.8, 4) is 11.4 Å². The molecule has 2 heterocycles. The number of carbonyl (C=O) groups is 3. The third-order valence-electron chi connectivity index (χ3n) is 5.83. The molecule has 3 aromatic rings. The summed E-state index contributed by atoms with van der Waals surface area (Å²) in [6, 6.07) is 18.1. The molecule has 1 aliphatic rings. The van der Waals surface area contributed by atoms with Gasteiger partial charge in [0.05, 0.1) is 0 Å². The van der Waals surface area contributed by atoms with Crippen molar-refractivity contribution in [3.05, 3.63) is 84.2 Å². The first-order valence-electron chi connectivity index (χ1n) is 11.1. The Labute approximate surface area is 193 Å². The number of hydrogen-bond acceptors (Lipinski definition) is 4. The van der Waals surface area contributed by atoms with Gasteiger partial charge in [0.1, 0.15) is 5.75 Å². The number of hydrogen-bond donors (Lipinski definition) is 1. The number of rotatable bonds is 6. The van der Waals surface area contributed by atoms with Crippen molar-refractivity contribution in [2.45, 2.75) is 19.8 Å². The molecule has 7 heteroatoms. The fraction of sp³-hybridized carbons (Fsp3) is 0.269. The quantitative estimate of drug-likeness (QED) is 0.464. The van der Waals surface area contributed by atoms with Gasteiger partial charge in [-0.1, -0.05) is 6.07 Å². The number of esters is 1. The molecular weight excluding hydrogens is 418 g/mol. The summed E-state index contributed by atoms with van der Waals surface area (Å²) in [5.74, 6) is 0.111. The molecule has 33 heavy (non-hydrogen) atoms. The van der Waals surface area contributed by atoms with Crippen molar-refractivity contribution in [3.63, 3.8) is 0 Å². The lowest BCUT2D eigenvalue weighted by atomic mass is 9.96. The number of likely N-dealkylation sites (tertiary alicyclic amines) is 1. The molecule has 2 amide bonds. The van der Waals surface area contributed by atoms with E-state index in [1.165, 1.54) is 6.92 Å². The largest absolute Gasteiger partial charge is 0.427 e. The van der Waals surface area contributed by atoms with Crippen molar-refractivity contribution in [1.82, 2.24) is 14.8 Å². The average molecular weight is 446 g/mol. The van der Waals surface area contributed by atoms with Crippen LogP contribution in [0.2, 0.25) is 0 Å². The van der Waals surface area contributed by atoms with Crippen molar-refractivity contribution >= 4 is 17.8 Å². The maximum atomic E-state index is 12.8. The highest BCUT2D eigenvalue weighted by Crippen LogP contribution is 2.21. The molecule has 1 aliphatic heterocycles. The number of benzene rings is 2. The van der Waals surface area contributed by atoms with Gasteiger partial charge >= 0.3 is 5.97 Å². The first-order valence-corrected chi connectivity index (χ1v) is 11.1. The molecule has 0 aliphatic carbocycles. The van der Waals surface area contributed by atoms with Crippen molar-refractivity contribution in [2.75, 3.05) is 19.6 Å². The van der Waals surface area contributed by atoms with Gasteiger partial charge in [0.15, 0.2) is 0 Å². The molecular formula is C26H27N3O4. The van der Waals surface area contributed by atoms with Crippen molar-refractivity contribution in [1.29, 1.82) is 0 Å². The van der Waals surface area contributed by atoms with E-state index in [0.29, 0.717) is 42.4 Å². The highest BCUT2D eigenvalue weighted by molar-refractivity contribution is 5.95. The Morgan fingerprint density at radius 2 is 1.64 bits per heavy atom. The first-order chi connectivity index (χ1) is 16.0. The van der Waals surface area contributed by atoms with E-state index in [9.17, 15) is 14.4 Å². The third-order valence-corrected chi connectivity index (χ3v) is 5.83. The third kappa shape index (κ3) is 5.68. The summed E-state index contributed by atoms with van der Waals surface area (Å²) >= 11 is 0. The number of piperidine rings is 1. The van der Waals surface area contributed by atoms with E-state index in [1.807, 2.05) is 58.3 Å². The Morgan fingerprint density at radius 3 is 2.30 bits per heavy atom. The maximum Gasteiger partial charge on any atom is 0.308 e. The lowest BCUT2D eigenvalue weighted by Crippen LogP contribution is -2.41. The van der Waals surface area contributed by atoms with Crippen LogP contribution < -0.4 is 10.1 Å². The Morgan fingerprint density at radius 1 is 0.939 bits per heavy atom. The van der Waals surface area contributed by atoms with Crippen LogP contribution >= 0.6 is 0 Å². The minimum atomic E-state index is -0.417. The van der Waals surface area contributed by atoms with Gasteiger partial charge in [-0.2, -0.15) is 0 Å². The van der Waals surface area contributed by atoms with Crippen LogP contribution in [0.15, 0.2) is 73.1 Å². The summed E-state index contributed by atoms with van der Waals surface area (Å²) in [6.45, 7) is 3.17. The summed E-state index contributed by atoms with van der Waals surface area (Å²) in [4.78, 5) is 38.3. The molecule has 0 radical (unpaired) electrons. The smallest absolute Gasteiger partial charge is 0.308 e. The average Bonchev–Trinajstić information content (AvgIpc) is 3.37. The second-order valence-electron chi connectivity index (χ2n) is 8.20. The zero-order valence-corrected chi connectivity index (χ0v) is 18.6. The fourth-order valence-electron chi connectivity index (χ4n) is 4.01. The first kappa shape index (κ1) is 22.3. The zero-order valence-electron chi connectivity index (χ0n) is 18.6. The van der Waals surface area contributed by atoms with Crippen LogP contribution in [0.25, 0.3) is 5.69 Å². The van der Waals surface area contributed by atoms with E-state index in [-0.39, 0.29) is 11.8 Å². The molecule has 0 saturated carbocycles. The lowest BCUT2D eigenvalue weighted by Gasteiger charge is -2.32. The molecule has 0 spiro atoms. The van der Waals surface area contributed by atoms with Crippen LogP contribution in [0.3, 0.4) is 0 Å².